The van der Waals surface area contributed by atoms with Crippen molar-refractivity contribution in [3.63, 3.8) is 0 Å². The lowest BCUT2D eigenvalue weighted by molar-refractivity contribution is -0.173. The van der Waals surface area contributed by atoms with Crippen molar-refractivity contribution in [1.82, 2.24) is 5.32 Å². The second-order valence-electron chi connectivity index (χ2n) is 6.54. The Hall–Kier alpha value is -0.290. The van der Waals surface area contributed by atoms with E-state index in [1.54, 1.807) is 0 Å². The van der Waals surface area contributed by atoms with Crippen LogP contribution in [0.25, 0.3) is 0 Å². The Balaban J connectivity index is 2.07. The molecule has 0 unspecified atom stereocenters. The molecule has 0 aliphatic heterocycles. The molecule has 0 radical (unpaired) electrons. The zero-order valence-electron chi connectivity index (χ0n) is 12.1. The molecular weight excluding hydrogens is 255 g/mol. The number of hydrogen-bond acceptors (Lipinski definition) is 2. The number of halogens is 3. The number of hydrogen-bond donors (Lipinski definition) is 1. The number of rotatable bonds is 5. The Bertz CT molecular complexity index is 252. The third kappa shape index (κ3) is 7.16. The molecule has 0 bridgehead atoms. The molecule has 1 saturated carbocycles. The SMILES string of the molecule is CC(C)(C)C1CCC(NCCOCC(F)(F)F)CC1. The predicted octanol–water partition coefficient (Wildman–Crippen LogP) is 3.76. The quantitative estimate of drug-likeness (QED) is 0.775. The summed E-state index contributed by atoms with van der Waals surface area (Å²) in [4.78, 5) is 0. The fourth-order valence-electron chi connectivity index (χ4n) is 2.69. The first kappa shape index (κ1) is 16.8. The molecule has 0 heterocycles. The summed E-state index contributed by atoms with van der Waals surface area (Å²) in [6.45, 7) is 6.30. The summed E-state index contributed by atoms with van der Waals surface area (Å²) < 4.78 is 40.1. The number of nitrogens with one attached hydrogen (secondary N) is 1. The Morgan fingerprint density at radius 3 is 2.11 bits per heavy atom. The largest absolute Gasteiger partial charge is 0.411 e. The van der Waals surface area contributed by atoms with Crippen LogP contribution in [0.2, 0.25) is 0 Å². The van der Waals surface area contributed by atoms with E-state index in [1.807, 2.05) is 0 Å². The van der Waals surface area contributed by atoms with Gasteiger partial charge in [0, 0.05) is 12.6 Å². The van der Waals surface area contributed by atoms with Crippen molar-refractivity contribution in [2.24, 2.45) is 11.3 Å². The van der Waals surface area contributed by atoms with E-state index >= 15 is 0 Å². The van der Waals surface area contributed by atoms with E-state index in [2.05, 4.69) is 30.8 Å². The summed E-state index contributed by atoms with van der Waals surface area (Å²) in [5.74, 6) is 0.757. The molecule has 1 N–H and O–H groups in total. The first-order valence-electron chi connectivity index (χ1n) is 7.06. The normalized spacial score (nSPS) is 25.6. The molecule has 0 aromatic rings. The van der Waals surface area contributed by atoms with Gasteiger partial charge in [0.25, 0.3) is 0 Å². The van der Waals surface area contributed by atoms with Gasteiger partial charge in [-0.2, -0.15) is 13.2 Å². The lowest BCUT2D eigenvalue weighted by Crippen LogP contribution is -2.38. The first-order valence-corrected chi connectivity index (χ1v) is 7.06. The highest BCUT2D eigenvalue weighted by atomic mass is 19.4. The Morgan fingerprint density at radius 2 is 1.63 bits per heavy atom. The van der Waals surface area contributed by atoms with Crippen LogP contribution in [0.5, 0.6) is 0 Å². The molecular formula is C14H26F3NO. The Kier molecular flexibility index (Phi) is 6.12. The standard InChI is InChI=1S/C14H26F3NO/c1-13(2,3)11-4-6-12(7-5-11)18-8-9-19-10-14(15,16)17/h11-12,18H,4-10H2,1-3H3. The van der Waals surface area contributed by atoms with Crippen LogP contribution < -0.4 is 5.32 Å². The molecule has 1 aliphatic carbocycles. The van der Waals surface area contributed by atoms with Crippen LogP contribution in [0.15, 0.2) is 0 Å². The Labute approximate surface area is 114 Å². The third-order valence-corrected chi connectivity index (χ3v) is 3.90. The van der Waals surface area contributed by atoms with E-state index in [9.17, 15) is 13.2 Å². The summed E-state index contributed by atoms with van der Waals surface area (Å²) in [6.07, 6.45) is 0.405. The second-order valence-corrected chi connectivity index (χ2v) is 6.54. The van der Waals surface area contributed by atoms with Crippen LogP contribution in [0.1, 0.15) is 46.5 Å². The minimum absolute atomic E-state index is 0.124. The minimum atomic E-state index is -4.22. The van der Waals surface area contributed by atoms with Gasteiger partial charge >= 0.3 is 6.18 Å². The number of alkyl halides is 3. The topological polar surface area (TPSA) is 21.3 Å². The van der Waals surface area contributed by atoms with Crippen LogP contribution in [0, 0.1) is 11.3 Å². The predicted molar refractivity (Wildman–Crippen MR) is 70.1 cm³/mol. The zero-order chi connectivity index (χ0) is 14.5. The second kappa shape index (κ2) is 6.93. The summed E-state index contributed by atoms with van der Waals surface area (Å²) in [5, 5.41) is 3.29. The summed E-state index contributed by atoms with van der Waals surface area (Å²) in [6, 6.07) is 0.438. The van der Waals surface area contributed by atoms with Gasteiger partial charge in [-0.05, 0) is 37.0 Å². The molecule has 2 nitrogen and oxygen atoms in total. The van der Waals surface area contributed by atoms with E-state index in [4.69, 9.17) is 0 Å². The van der Waals surface area contributed by atoms with Gasteiger partial charge in [-0.25, -0.2) is 0 Å². The smallest absolute Gasteiger partial charge is 0.371 e. The molecule has 1 aliphatic rings. The van der Waals surface area contributed by atoms with Gasteiger partial charge in [-0.15, -0.1) is 0 Å². The minimum Gasteiger partial charge on any atom is -0.371 e. The van der Waals surface area contributed by atoms with Crippen molar-refractivity contribution < 1.29 is 17.9 Å². The monoisotopic (exact) mass is 281 g/mol. The highest BCUT2D eigenvalue weighted by Gasteiger charge is 2.29. The molecule has 0 saturated heterocycles. The van der Waals surface area contributed by atoms with Gasteiger partial charge in [-0.3, -0.25) is 0 Å². The van der Waals surface area contributed by atoms with Gasteiger partial charge in [0.15, 0.2) is 0 Å². The van der Waals surface area contributed by atoms with Crippen molar-refractivity contribution in [1.29, 1.82) is 0 Å². The molecule has 5 heteroatoms. The average Bonchev–Trinajstić information content (AvgIpc) is 2.26. The van der Waals surface area contributed by atoms with Crippen molar-refractivity contribution in [3.8, 4) is 0 Å². The van der Waals surface area contributed by atoms with Crippen LogP contribution in [-0.2, 0) is 4.74 Å². The maximum Gasteiger partial charge on any atom is 0.411 e. The molecule has 114 valence electrons. The lowest BCUT2D eigenvalue weighted by Gasteiger charge is -2.37. The van der Waals surface area contributed by atoms with Crippen LogP contribution in [0.4, 0.5) is 13.2 Å². The van der Waals surface area contributed by atoms with E-state index in [0.29, 0.717) is 18.0 Å². The van der Waals surface area contributed by atoms with E-state index < -0.39 is 12.8 Å². The third-order valence-electron chi connectivity index (χ3n) is 3.90. The molecule has 0 aromatic heterocycles. The average molecular weight is 281 g/mol. The van der Waals surface area contributed by atoms with Gasteiger partial charge in [-0.1, -0.05) is 20.8 Å². The van der Waals surface area contributed by atoms with Crippen molar-refractivity contribution in [2.75, 3.05) is 19.8 Å². The highest BCUT2D eigenvalue weighted by Crippen LogP contribution is 2.37. The van der Waals surface area contributed by atoms with Crippen LogP contribution in [-0.4, -0.2) is 32.0 Å². The van der Waals surface area contributed by atoms with Crippen molar-refractivity contribution >= 4 is 0 Å². The van der Waals surface area contributed by atoms with Crippen molar-refractivity contribution in [2.45, 2.75) is 58.7 Å². The summed E-state index contributed by atoms with van der Waals surface area (Å²) in [7, 11) is 0. The maximum absolute atomic E-state index is 11.8. The van der Waals surface area contributed by atoms with Gasteiger partial charge < -0.3 is 10.1 Å². The van der Waals surface area contributed by atoms with Crippen molar-refractivity contribution in [3.05, 3.63) is 0 Å². The zero-order valence-corrected chi connectivity index (χ0v) is 12.1. The Morgan fingerprint density at radius 1 is 1.05 bits per heavy atom. The van der Waals surface area contributed by atoms with E-state index in [1.165, 1.54) is 12.8 Å². The molecule has 0 aromatic carbocycles. The van der Waals surface area contributed by atoms with Crippen LogP contribution >= 0.6 is 0 Å². The van der Waals surface area contributed by atoms with E-state index in [0.717, 1.165) is 18.8 Å². The summed E-state index contributed by atoms with van der Waals surface area (Å²) in [5.41, 5.74) is 0.362. The maximum atomic E-state index is 11.8. The summed E-state index contributed by atoms with van der Waals surface area (Å²) >= 11 is 0. The number of ether oxygens (including phenoxy) is 1. The fraction of sp³-hybridized carbons (Fsp3) is 1.00. The molecule has 1 rings (SSSR count). The molecule has 0 amide bonds. The van der Waals surface area contributed by atoms with Gasteiger partial charge in [0.1, 0.15) is 6.61 Å². The lowest BCUT2D eigenvalue weighted by atomic mass is 9.71. The molecule has 0 spiro atoms. The highest BCUT2D eigenvalue weighted by molar-refractivity contribution is 4.83. The van der Waals surface area contributed by atoms with Crippen LogP contribution in [0.3, 0.4) is 0 Å². The molecule has 0 atom stereocenters. The molecule has 1 fully saturated rings. The van der Waals surface area contributed by atoms with Gasteiger partial charge in [0.2, 0.25) is 0 Å². The fourth-order valence-corrected chi connectivity index (χ4v) is 2.69. The molecule has 19 heavy (non-hydrogen) atoms. The first-order chi connectivity index (χ1) is 8.68. The van der Waals surface area contributed by atoms with E-state index in [-0.39, 0.29) is 6.61 Å². The van der Waals surface area contributed by atoms with Gasteiger partial charge in [0.05, 0.1) is 6.61 Å².